The zero-order valence-corrected chi connectivity index (χ0v) is 11.3. The van der Waals surface area contributed by atoms with Crippen LogP contribution in [0.1, 0.15) is 20.8 Å². The summed E-state index contributed by atoms with van der Waals surface area (Å²) in [6, 6.07) is 0.0449. The molecule has 1 N–H and O–H groups in total. The van der Waals surface area contributed by atoms with Crippen molar-refractivity contribution in [2.45, 2.75) is 38.5 Å². The van der Waals surface area contributed by atoms with Gasteiger partial charge in [-0.25, -0.2) is 4.79 Å². The molecule has 1 heterocycles. The van der Waals surface area contributed by atoms with Crippen molar-refractivity contribution in [2.75, 3.05) is 19.4 Å². The van der Waals surface area contributed by atoms with Crippen LogP contribution >= 0.6 is 7.55 Å². The minimum Gasteiger partial charge on any atom is -0.444 e. The van der Waals surface area contributed by atoms with Crippen molar-refractivity contribution >= 4 is 19.9 Å². The largest absolute Gasteiger partial charge is 0.444 e. The molecule has 1 fully saturated rings. The van der Waals surface area contributed by atoms with Gasteiger partial charge in [0.1, 0.15) is 23.9 Å². The van der Waals surface area contributed by atoms with Crippen molar-refractivity contribution in [1.82, 2.24) is 5.32 Å². The summed E-state index contributed by atoms with van der Waals surface area (Å²) in [4.78, 5) is 11.6. The van der Waals surface area contributed by atoms with Gasteiger partial charge in [-0.15, -0.1) is 0 Å². The molecule has 0 saturated carbocycles. The molecule has 1 saturated heterocycles. The van der Waals surface area contributed by atoms with E-state index in [0.717, 1.165) is 12.8 Å². The first kappa shape index (κ1) is 13.5. The Balaban J connectivity index is 2.42. The van der Waals surface area contributed by atoms with Gasteiger partial charge >= 0.3 is 6.09 Å². The van der Waals surface area contributed by atoms with Gasteiger partial charge in [-0.1, -0.05) is 0 Å². The second kappa shape index (κ2) is 5.15. The van der Waals surface area contributed by atoms with Crippen LogP contribution in [0.2, 0.25) is 0 Å². The van der Waals surface area contributed by atoms with E-state index in [9.17, 15) is 4.79 Å². The first-order valence-corrected chi connectivity index (χ1v) is 7.56. The minimum atomic E-state index is -0.458. The van der Waals surface area contributed by atoms with Gasteiger partial charge in [-0.05, 0) is 20.8 Å². The molecule has 3 atom stereocenters. The van der Waals surface area contributed by atoms with Crippen molar-refractivity contribution in [1.29, 1.82) is 0 Å². The van der Waals surface area contributed by atoms with E-state index in [2.05, 4.69) is 18.3 Å². The third-order valence-corrected chi connectivity index (χ3v) is 3.04. The summed E-state index contributed by atoms with van der Waals surface area (Å²) in [5, 5.41) is 2.86. The SMILES string of the molecule is C=[P+](C)CC(NC(=O)OC(C)(C)C)C1CO1. The summed E-state index contributed by atoms with van der Waals surface area (Å²) in [6.07, 6.45) is 4.64. The molecule has 0 spiro atoms. The van der Waals surface area contributed by atoms with E-state index in [-0.39, 0.29) is 25.8 Å². The van der Waals surface area contributed by atoms with Crippen LogP contribution in [0.15, 0.2) is 0 Å². The number of nitrogens with one attached hydrogen (secondary N) is 1. The number of hydrogen-bond acceptors (Lipinski definition) is 3. The predicted molar refractivity (Wildman–Crippen MR) is 67.7 cm³/mol. The molecular weight excluding hydrogens is 225 g/mol. The Morgan fingerprint density at radius 2 is 2.25 bits per heavy atom. The van der Waals surface area contributed by atoms with E-state index < -0.39 is 5.60 Å². The average molecular weight is 246 g/mol. The normalized spacial score (nSPS) is 22.2. The quantitative estimate of drug-likeness (QED) is 0.608. The number of carbonyl (C=O) groups is 1. The Labute approximate surface area is 98.1 Å². The molecule has 3 unspecified atom stereocenters. The molecule has 1 rings (SSSR count). The second-order valence-electron chi connectivity index (χ2n) is 5.16. The van der Waals surface area contributed by atoms with Gasteiger partial charge in [0.2, 0.25) is 0 Å². The van der Waals surface area contributed by atoms with Crippen LogP contribution in [-0.4, -0.2) is 49.6 Å². The third-order valence-electron chi connectivity index (χ3n) is 2.02. The van der Waals surface area contributed by atoms with Gasteiger partial charge in [0.15, 0.2) is 0 Å². The summed E-state index contributed by atoms with van der Waals surface area (Å²) >= 11 is 0. The maximum absolute atomic E-state index is 11.6. The monoisotopic (exact) mass is 246 g/mol. The van der Waals surface area contributed by atoms with Crippen molar-refractivity contribution in [2.24, 2.45) is 0 Å². The molecule has 0 aromatic heterocycles. The van der Waals surface area contributed by atoms with E-state index in [1.54, 1.807) is 0 Å². The summed E-state index contributed by atoms with van der Waals surface area (Å²) in [6.45, 7) is 8.36. The molecule has 0 aliphatic carbocycles. The zero-order chi connectivity index (χ0) is 12.3. The van der Waals surface area contributed by atoms with Gasteiger partial charge in [-0.3, -0.25) is 0 Å². The Bertz CT molecular complexity index is 281. The molecule has 0 aromatic carbocycles. The molecule has 1 aliphatic heterocycles. The lowest BCUT2D eigenvalue weighted by Crippen LogP contribution is -2.43. The summed E-state index contributed by atoms with van der Waals surface area (Å²) in [7, 11) is -0.296. The van der Waals surface area contributed by atoms with Gasteiger partial charge < -0.3 is 14.8 Å². The number of amides is 1. The second-order valence-corrected chi connectivity index (χ2v) is 7.24. The number of alkyl carbamates (subject to hydrolysis) is 1. The predicted octanol–water partition coefficient (Wildman–Crippen LogP) is 1.82. The number of epoxide rings is 1. The number of ether oxygens (including phenoxy) is 2. The fourth-order valence-electron chi connectivity index (χ4n) is 1.34. The molecule has 1 aliphatic rings. The van der Waals surface area contributed by atoms with Crippen molar-refractivity contribution < 1.29 is 14.3 Å². The zero-order valence-electron chi connectivity index (χ0n) is 10.4. The Hall–Kier alpha value is -0.600. The van der Waals surface area contributed by atoms with Gasteiger partial charge in [-0.2, -0.15) is 0 Å². The third kappa shape index (κ3) is 5.47. The molecule has 5 heteroatoms. The summed E-state index contributed by atoms with van der Waals surface area (Å²) < 4.78 is 10.4. The van der Waals surface area contributed by atoms with Gasteiger partial charge in [0.05, 0.1) is 27.1 Å². The fourth-order valence-corrected chi connectivity index (χ4v) is 2.34. The Kier molecular flexibility index (Phi) is 4.34. The molecule has 0 aromatic rings. The lowest BCUT2D eigenvalue weighted by atomic mass is 10.2. The Morgan fingerprint density at radius 1 is 1.69 bits per heavy atom. The van der Waals surface area contributed by atoms with Crippen LogP contribution < -0.4 is 5.32 Å². The first-order chi connectivity index (χ1) is 7.28. The van der Waals surface area contributed by atoms with E-state index in [1.807, 2.05) is 20.8 Å². The van der Waals surface area contributed by atoms with E-state index in [4.69, 9.17) is 9.47 Å². The average Bonchev–Trinajstić information content (AvgIpc) is 2.78. The minimum absolute atomic E-state index is 0.0449. The Morgan fingerprint density at radius 3 is 2.62 bits per heavy atom. The van der Waals surface area contributed by atoms with Crippen molar-refractivity contribution in [3.8, 4) is 0 Å². The van der Waals surface area contributed by atoms with Crippen LogP contribution in [0.5, 0.6) is 0 Å². The van der Waals surface area contributed by atoms with E-state index in [0.29, 0.717) is 0 Å². The van der Waals surface area contributed by atoms with E-state index in [1.165, 1.54) is 0 Å². The number of hydrogen-bond donors (Lipinski definition) is 1. The highest BCUT2D eigenvalue weighted by Crippen LogP contribution is 2.23. The number of carbonyl (C=O) groups excluding carboxylic acids is 1. The molecule has 1 amide bonds. The molecule has 0 radical (unpaired) electrons. The standard InChI is InChI=1S/C11H20NO3P/c1-11(2,3)15-10(13)12-8(7-16(4)5)9-6-14-9/h8-9H,4,6-7H2,1-3,5H3/p+1. The lowest BCUT2D eigenvalue weighted by Gasteiger charge is -2.21. The van der Waals surface area contributed by atoms with Crippen LogP contribution in [0.3, 0.4) is 0 Å². The summed E-state index contributed by atoms with van der Waals surface area (Å²) in [5.74, 6) is 0. The van der Waals surface area contributed by atoms with Gasteiger partial charge in [0, 0.05) is 0 Å². The molecule has 4 nitrogen and oxygen atoms in total. The van der Waals surface area contributed by atoms with Crippen LogP contribution in [0, 0.1) is 0 Å². The lowest BCUT2D eigenvalue weighted by molar-refractivity contribution is 0.0501. The van der Waals surface area contributed by atoms with Crippen LogP contribution in [0.4, 0.5) is 4.79 Å². The first-order valence-electron chi connectivity index (χ1n) is 5.40. The van der Waals surface area contributed by atoms with E-state index >= 15 is 0 Å². The maximum Gasteiger partial charge on any atom is 0.408 e. The molecule has 0 bridgehead atoms. The maximum atomic E-state index is 11.6. The van der Waals surface area contributed by atoms with Crippen LogP contribution in [-0.2, 0) is 9.47 Å². The van der Waals surface area contributed by atoms with Crippen LogP contribution in [0.25, 0.3) is 0 Å². The topological polar surface area (TPSA) is 50.9 Å². The smallest absolute Gasteiger partial charge is 0.408 e. The number of rotatable bonds is 4. The highest BCUT2D eigenvalue weighted by molar-refractivity contribution is 7.55. The molecule has 92 valence electrons. The van der Waals surface area contributed by atoms with Crippen molar-refractivity contribution in [3.05, 3.63) is 0 Å². The highest BCUT2D eigenvalue weighted by Gasteiger charge is 2.37. The van der Waals surface area contributed by atoms with Gasteiger partial charge in [0.25, 0.3) is 0 Å². The molecule has 16 heavy (non-hydrogen) atoms. The van der Waals surface area contributed by atoms with Crippen molar-refractivity contribution in [3.63, 3.8) is 0 Å². The fraction of sp³-hybridized carbons (Fsp3) is 0.818. The molecular formula is C11H21NO3P+. The summed E-state index contributed by atoms with van der Waals surface area (Å²) in [5.41, 5.74) is -0.458. The highest BCUT2D eigenvalue weighted by atomic mass is 31.1.